The van der Waals surface area contributed by atoms with E-state index in [2.05, 4.69) is 20.2 Å². The summed E-state index contributed by atoms with van der Waals surface area (Å²) in [5, 5.41) is 3.19. The molecule has 19 heavy (non-hydrogen) atoms. The summed E-state index contributed by atoms with van der Waals surface area (Å²) in [6.07, 6.45) is 0.766. The third-order valence-corrected chi connectivity index (χ3v) is 3.57. The lowest BCUT2D eigenvalue weighted by Crippen LogP contribution is -2.37. The number of hydrogen-bond donors (Lipinski definition) is 2. The molecule has 0 aliphatic carbocycles. The largest absolute Gasteiger partial charge is 0.370 e. The van der Waals surface area contributed by atoms with E-state index in [4.69, 9.17) is 5.73 Å². The molecule has 1 saturated heterocycles. The SMILES string of the molecule is CCNc1cc(N2CCC(C)(C(N)=O)C2)nc(C)n1. The summed E-state index contributed by atoms with van der Waals surface area (Å²) in [7, 11) is 0. The van der Waals surface area contributed by atoms with Crippen LogP contribution >= 0.6 is 0 Å². The van der Waals surface area contributed by atoms with Crippen LogP contribution in [-0.2, 0) is 4.79 Å². The molecule has 0 bridgehead atoms. The molecule has 1 atom stereocenters. The molecule has 6 heteroatoms. The number of nitrogens with two attached hydrogens (primary N) is 1. The second kappa shape index (κ2) is 5.03. The summed E-state index contributed by atoms with van der Waals surface area (Å²) in [4.78, 5) is 22.4. The smallest absolute Gasteiger partial charge is 0.225 e. The molecule has 0 spiro atoms. The van der Waals surface area contributed by atoms with Crippen molar-refractivity contribution in [1.29, 1.82) is 0 Å². The molecule has 1 fully saturated rings. The molecule has 1 aromatic heterocycles. The highest BCUT2D eigenvalue weighted by atomic mass is 16.1. The quantitative estimate of drug-likeness (QED) is 0.844. The highest BCUT2D eigenvalue weighted by molar-refractivity contribution is 5.82. The Morgan fingerprint density at radius 1 is 1.58 bits per heavy atom. The number of anilines is 2. The first-order valence-corrected chi connectivity index (χ1v) is 6.59. The van der Waals surface area contributed by atoms with Crippen molar-refractivity contribution in [2.45, 2.75) is 27.2 Å². The first-order chi connectivity index (χ1) is 8.94. The van der Waals surface area contributed by atoms with Gasteiger partial charge in [-0.05, 0) is 27.2 Å². The van der Waals surface area contributed by atoms with Crippen molar-refractivity contribution in [2.24, 2.45) is 11.1 Å². The number of hydrogen-bond acceptors (Lipinski definition) is 5. The lowest BCUT2D eigenvalue weighted by atomic mass is 9.89. The van der Waals surface area contributed by atoms with Gasteiger partial charge in [0.15, 0.2) is 0 Å². The summed E-state index contributed by atoms with van der Waals surface area (Å²) in [5.41, 5.74) is 5.01. The highest BCUT2D eigenvalue weighted by Gasteiger charge is 2.39. The van der Waals surface area contributed by atoms with Gasteiger partial charge in [-0.2, -0.15) is 0 Å². The fourth-order valence-electron chi connectivity index (χ4n) is 2.34. The van der Waals surface area contributed by atoms with Crippen LogP contribution in [0.4, 0.5) is 11.6 Å². The molecule has 0 aromatic carbocycles. The van der Waals surface area contributed by atoms with Crippen molar-refractivity contribution in [1.82, 2.24) is 9.97 Å². The minimum Gasteiger partial charge on any atom is -0.370 e. The number of aromatic nitrogens is 2. The summed E-state index contributed by atoms with van der Waals surface area (Å²) in [6, 6.07) is 1.92. The maximum Gasteiger partial charge on any atom is 0.225 e. The van der Waals surface area contributed by atoms with Crippen molar-refractivity contribution in [2.75, 3.05) is 29.9 Å². The number of aryl methyl sites for hydroxylation is 1. The van der Waals surface area contributed by atoms with E-state index in [9.17, 15) is 4.79 Å². The molecule has 1 aromatic rings. The lowest BCUT2D eigenvalue weighted by Gasteiger charge is -2.22. The van der Waals surface area contributed by atoms with Crippen LogP contribution in [0.3, 0.4) is 0 Å². The van der Waals surface area contributed by atoms with Crippen LogP contribution in [0, 0.1) is 12.3 Å². The number of nitrogens with one attached hydrogen (secondary N) is 1. The zero-order chi connectivity index (χ0) is 14.0. The molecule has 1 aliphatic rings. The monoisotopic (exact) mass is 263 g/mol. The van der Waals surface area contributed by atoms with Crippen LogP contribution in [0.5, 0.6) is 0 Å². The molecule has 2 rings (SSSR count). The molecule has 104 valence electrons. The molecule has 2 heterocycles. The molecule has 1 amide bonds. The Hall–Kier alpha value is -1.85. The van der Waals surface area contributed by atoms with Crippen LogP contribution in [0.2, 0.25) is 0 Å². The number of amides is 1. The van der Waals surface area contributed by atoms with Gasteiger partial charge in [-0.3, -0.25) is 4.79 Å². The van der Waals surface area contributed by atoms with Crippen LogP contribution in [0.1, 0.15) is 26.1 Å². The average Bonchev–Trinajstić information content (AvgIpc) is 2.73. The number of nitrogens with zero attached hydrogens (tertiary/aromatic N) is 3. The predicted octanol–water partition coefficient (Wildman–Crippen LogP) is 0.919. The van der Waals surface area contributed by atoms with Gasteiger partial charge in [0.25, 0.3) is 0 Å². The van der Waals surface area contributed by atoms with E-state index in [1.54, 1.807) is 0 Å². The normalized spacial score (nSPS) is 22.6. The highest BCUT2D eigenvalue weighted by Crippen LogP contribution is 2.32. The van der Waals surface area contributed by atoms with Gasteiger partial charge in [0.1, 0.15) is 17.5 Å². The lowest BCUT2D eigenvalue weighted by molar-refractivity contribution is -0.125. The van der Waals surface area contributed by atoms with Crippen molar-refractivity contribution < 1.29 is 4.79 Å². The van der Waals surface area contributed by atoms with Crippen molar-refractivity contribution in [3.05, 3.63) is 11.9 Å². The van der Waals surface area contributed by atoms with Crippen LogP contribution in [-0.4, -0.2) is 35.5 Å². The number of rotatable bonds is 4. The maximum absolute atomic E-state index is 11.5. The maximum atomic E-state index is 11.5. The minimum absolute atomic E-state index is 0.243. The van der Waals surface area contributed by atoms with E-state index in [0.717, 1.165) is 37.0 Å². The summed E-state index contributed by atoms with van der Waals surface area (Å²) in [6.45, 7) is 8.03. The molecular formula is C13H21N5O. The van der Waals surface area contributed by atoms with Crippen molar-refractivity contribution in [3.8, 4) is 0 Å². The van der Waals surface area contributed by atoms with E-state index in [1.165, 1.54) is 0 Å². The molecule has 1 unspecified atom stereocenters. The summed E-state index contributed by atoms with van der Waals surface area (Å²) in [5.74, 6) is 2.15. The molecule has 0 saturated carbocycles. The van der Waals surface area contributed by atoms with Crippen molar-refractivity contribution >= 4 is 17.5 Å². The Morgan fingerprint density at radius 2 is 2.32 bits per heavy atom. The standard InChI is InChI=1S/C13H21N5O/c1-4-15-10-7-11(17-9(2)16-10)18-6-5-13(3,8-18)12(14)19/h7H,4-6,8H2,1-3H3,(H2,14,19)(H,15,16,17). The number of carbonyl (C=O) groups is 1. The van der Waals surface area contributed by atoms with Gasteiger partial charge in [0, 0.05) is 25.7 Å². The van der Waals surface area contributed by atoms with E-state index in [-0.39, 0.29) is 5.91 Å². The Bertz CT molecular complexity index is 490. The second-order valence-corrected chi connectivity index (χ2v) is 5.29. The van der Waals surface area contributed by atoms with E-state index >= 15 is 0 Å². The van der Waals surface area contributed by atoms with Gasteiger partial charge in [-0.25, -0.2) is 9.97 Å². The minimum atomic E-state index is -0.461. The van der Waals surface area contributed by atoms with Gasteiger partial charge in [-0.15, -0.1) is 0 Å². The van der Waals surface area contributed by atoms with Crippen LogP contribution < -0.4 is 16.0 Å². The van der Waals surface area contributed by atoms with Crippen molar-refractivity contribution in [3.63, 3.8) is 0 Å². The Balaban J connectivity index is 2.21. The van der Waals surface area contributed by atoms with E-state index in [0.29, 0.717) is 6.54 Å². The average molecular weight is 263 g/mol. The van der Waals surface area contributed by atoms with Gasteiger partial charge in [-0.1, -0.05) is 0 Å². The van der Waals surface area contributed by atoms with Gasteiger partial charge in [0.05, 0.1) is 5.41 Å². The van der Waals surface area contributed by atoms with Crippen LogP contribution in [0.15, 0.2) is 6.07 Å². The Labute approximate surface area is 113 Å². The second-order valence-electron chi connectivity index (χ2n) is 5.29. The number of primary amides is 1. The molecular weight excluding hydrogens is 242 g/mol. The molecule has 3 N–H and O–H groups in total. The van der Waals surface area contributed by atoms with Gasteiger partial charge < -0.3 is 16.0 Å². The molecule has 1 aliphatic heterocycles. The van der Waals surface area contributed by atoms with E-state index in [1.807, 2.05) is 26.8 Å². The third-order valence-electron chi connectivity index (χ3n) is 3.57. The molecule has 0 radical (unpaired) electrons. The first kappa shape index (κ1) is 13.6. The third kappa shape index (κ3) is 2.77. The summed E-state index contributed by atoms with van der Waals surface area (Å²) < 4.78 is 0. The number of carbonyl (C=O) groups excluding carboxylic acids is 1. The van der Waals surface area contributed by atoms with Crippen LogP contribution in [0.25, 0.3) is 0 Å². The summed E-state index contributed by atoms with van der Waals surface area (Å²) >= 11 is 0. The first-order valence-electron chi connectivity index (χ1n) is 6.59. The zero-order valence-corrected chi connectivity index (χ0v) is 11.7. The topological polar surface area (TPSA) is 84.1 Å². The zero-order valence-electron chi connectivity index (χ0n) is 11.7. The van der Waals surface area contributed by atoms with E-state index < -0.39 is 5.41 Å². The predicted molar refractivity (Wildman–Crippen MR) is 75.1 cm³/mol. The Morgan fingerprint density at radius 3 is 2.89 bits per heavy atom. The van der Waals surface area contributed by atoms with Gasteiger partial charge >= 0.3 is 0 Å². The molecule has 6 nitrogen and oxygen atoms in total. The Kier molecular flexibility index (Phi) is 3.59. The fourth-order valence-corrected chi connectivity index (χ4v) is 2.34. The van der Waals surface area contributed by atoms with Gasteiger partial charge in [0.2, 0.25) is 5.91 Å². The fraction of sp³-hybridized carbons (Fsp3) is 0.615.